The van der Waals surface area contributed by atoms with Crippen LogP contribution < -0.4 is 10.1 Å². The summed E-state index contributed by atoms with van der Waals surface area (Å²) >= 11 is 1.61. The molecule has 0 fully saturated rings. The maximum Gasteiger partial charge on any atom is 0.240 e. The second-order valence-corrected chi connectivity index (χ2v) is 5.43. The first kappa shape index (κ1) is 13.0. The van der Waals surface area contributed by atoms with Gasteiger partial charge in [-0.3, -0.25) is 0 Å². The van der Waals surface area contributed by atoms with E-state index in [1.807, 2.05) is 32.2 Å². The molecule has 1 N–H and O–H groups in total. The van der Waals surface area contributed by atoms with Crippen molar-refractivity contribution in [1.82, 2.24) is 15.3 Å². The lowest BCUT2D eigenvalue weighted by molar-refractivity contribution is 0.468. The molecule has 0 aliphatic rings. The molecule has 1 aromatic carbocycles. The SMILES string of the molecule is CNCc1cccc(Oc2ncnc3c(C)csc23)c1. The summed E-state index contributed by atoms with van der Waals surface area (Å²) in [7, 11) is 1.93. The fourth-order valence-electron chi connectivity index (χ4n) is 2.06. The van der Waals surface area contributed by atoms with Gasteiger partial charge >= 0.3 is 0 Å². The van der Waals surface area contributed by atoms with Gasteiger partial charge in [-0.2, -0.15) is 0 Å². The van der Waals surface area contributed by atoms with Crippen LogP contribution in [0.3, 0.4) is 0 Å². The molecule has 0 aliphatic heterocycles. The molecule has 5 heteroatoms. The number of rotatable bonds is 4. The summed E-state index contributed by atoms with van der Waals surface area (Å²) in [5.41, 5.74) is 3.30. The van der Waals surface area contributed by atoms with Crippen LogP contribution in [0.4, 0.5) is 0 Å². The van der Waals surface area contributed by atoms with E-state index in [1.54, 1.807) is 17.7 Å². The minimum absolute atomic E-state index is 0.620. The summed E-state index contributed by atoms with van der Waals surface area (Å²) in [5.74, 6) is 1.42. The van der Waals surface area contributed by atoms with Gasteiger partial charge in [-0.05, 0) is 42.6 Å². The third kappa shape index (κ3) is 2.50. The molecular formula is C15H15N3OS. The molecule has 0 atom stereocenters. The largest absolute Gasteiger partial charge is 0.437 e. The van der Waals surface area contributed by atoms with E-state index in [-0.39, 0.29) is 0 Å². The summed E-state index contributed by atoms with van der Waals surface area (Å²) in [6, 6.07) is 8.01. The Bertz CT molecular complexity index is 739. The summed E-state index contributed by atoms with van der Waals surface area (Å²) in [6.07, 6.45) is 1.55. The predicted octanol–water partition coefficient (Wildman–Crippen LogP) is 3.51. The van der Waals surface area contributed by atoms with E-state index >= 15 is 0 Å². The van der Waals surface area contributed by atoms with Crippen molar-refractivity contribution in [3.63, 3.8) is 0 Å². The van der Waals surface area contributed by atoms with E-state index in [0.29, 0.717) is 5.88 Å². The Balaban J connectivity index is 1.95. The molecule has 0 amide bonds. The number of nitrogens with one attached hydrogen (secondary N) is 1. The second kappa shape index (κ2) is 5.56. The Kier molecular flexibility index (Phi) is 3.62. The van der Waals surface area contributed by atoms with Crippen molar-refractivity contribution in [2.24, 2.45) is 0 Å². The van der Waals surface area contributed by atoms with Crippen molar-refractivity contribution in [3.05, 3.63) is 47.1 Å². The van der Waals surface area contributed by atoms with Gasteiger partial charge in [0.2, 0.25) is 5.88 Å². The molecule has 0 aliphatic carbocycles. The van der Waals surface area contributed by atoms with Gasteiger partial charge in [0.05, 0.1) is 5.52 Å². The Morgan fingerprint density at radius 1 is 1.30 bits per heavy atom. The van der Waals surface area contributed by atoms with Crippen molar-refractivity contribution < 1.29 is 4.74 Å². The zero-order valence-electron chi connectivity index (χ0n) is 11.4. The molecular weight excluding hydrogens is 270 g/mol. The zero-order valence-corrected chi connectivity index (χ0v) is 12.2. The van der Waals surface area contributed by atoms with E-state index in [1.165, 1.54) is 5.56 Å². The third-order valence-corrected chi connectivity index (χ3v) is 4.07. The van der Waals surface area contributed by atoms with E-state index in [0.717, 1.165) is 28.1 Å². The van der Waals surface area contributed by atoms with Crippen molar-refractivity contribution in [2.75, 3.05) is 7.05 Å². The molecule has 0 radical (unpaired) electrons. The Labute approximate surface area is 121 Å². The number of hydrogen-bond acceptors (Lipinski definition) is 5. The van der Waals surface area contributed by atoms with Gasteiger partial charge in [0.25, 0.3) is 0 Å². The maximum atomic E-state index is 5.92. The van der Waals surface area contributed by atoms with Crippen LogP contribution in [-0.4, -0.2) is 17.0 Å². The number of ether oxygens (including phenoxy) is 1. The number of fused-ring (bicyclic) bond motifs is 1. The van der Waals surface area contributed by atoms with E-state index in [2.05, 4.69) is 26.7 Å². The lowest BCUT2D eigenvalue weighted by Crippen LogP contribution is -2.04. The molecule has 0 spiro atoms. The Hall–Kier alpha value is -1.98. The van der Waals surface area contributed by atoms with E-state index < -0.39 is 0 Å². The smallest absolute Gasteiger partial charge is 0.240 e. The molecule has 2 heterocycles. The molecule has 20 heavy (non-hydrogen) atoms. The lowest BCUT2D eigenvalue weighted by atomic mass is 10.2. The molecule has 0 unspecified atom stereocenters. The number of benzene rings is 1. The van der Waals surface area contributed by atoms with Crippen LogP contribution in [0.25, 0.3) is 10.2 Å². The third-order valence-electron chi connectivity index (χ3n) is 2.99. The first-order valence-corrected chi connectivity index (χ1v) is 7.26. The van der Waals surface area contributed by atoms with Crippen LogP contribution in [0.2, 0.25) is 0 Å². The minimum atomic E-state index is 0.620. The van der Waals surface area contributed by atoms with E-state index in [4.69, 9.17) is 4.74 Å². The van der Waals surface area contributed by atoms with Crippen LogP contribution in [0.5, 0.6) is 11.6 Å². The van der Waals surface area contributed by atoms with Crippen LogP contribution in [0.1, 0.15) is 11.1 Å². The number of nitrogens with zero attached hydrogens (tertiary/aromatic N) is 2. The highest BCUT2D eigenvalue weighted by Gasteiger charge is 2.10. The number of aryl methyl sites for hydroxylation is 1. The van der Waals surface area contributed by atoms with Gasteiger partial charge in [-0.1, -0.05) is 12.1 Å². The van der Waals surface area contributed by atoms with Crippen LogP contribution in [0, 0.1) is 6.92 Å². The van der Waals surface area contributed by atoms with Crippen molar-refractivity contribution in [1.29, 1.82) is 0 Å². The Morgan fingerprint density at radius 2 is 2.20 bits per heavy atom. The monoisotopic (exact) mass is 285 g/mol. The number of thiophene rings is 1. The highest BCUT2D eigenvalue weighted by Crippen LogP contribution is 2.32. The van der Waals surface area contributed by atoms with Crippen LogP contribution in [0.15, 0.2) is 36.0 Å². The van der Waals surface area contributed by atoms with E-state index in [9.17, 15) is 0 Å². The molecule has 3 aromatic rings. The van der Waals surface area contributed by atoms with Crippen molar-refractivity contribution >= 4 is 21.6 Å². The first-order valence-electron chi connectivity index (χ1n) is 6.38. The van der Waals surface area contributed by atoms with Gasteiger partial charge in [0.15, 0.2) is 0 Å². The molecule has 0 saturated carbocycles. The molecule has 102 valence electrons. The highest BCUT2D eigenvalue weighted by molar-refractivity contribution is 7.17. The molecule has 0 saturated heterocycles. The van der Waals surface area contributed by atoms with Gasteiger partial charge in [-0.15, -0.1) is 11.3 Å². The van der Waals surface area contributed by atoms with Crippen molar-refractivity contribution in [2.45, 2.75) is 13.5 Å². The fourth-order valence-corrected chi connectivity index (χ4v) is 2.98. The first-order chi connectivity index (χ1) is 9.78. The Morgan fingerprint density at radius 3 is 3.05 bits per heavy atom. The van der Waals surface area contributed by atoms with Gasteiger partial charge in [0.1, 0.15) is 16.8 Å². The van der Waals surface area contributed by atoms with Crippen molar-refractivity contribution in [3.8, 4) is 11.6 Å². The average Bonchev–Trinajstić information content (AvgIpc) is 2.83. The van der Waals surface area contributed by atoms with Gasteiger partial charge < -0.3 is 10.1 Å². The normalized spacial score (nSPS) is 10.9. The molecule has 3 rings (SSSR count). The predicted molar refractivity (Wildman–Crippen MR) is 81.4 cm³/mol. The highest BCUT2D eigenvalue weighted by atomic mass is 32.1. The minimum Gasteiger partial charge on any atom is -0.437 e. The number of hydrogen-bond donors (Lipinski definition) is 1. The van der Waals surface area contributed by atoms with Crippen LogP contribution >= 0.6 is 11.3 Å². The zero-order chi connectivity index (χ0) is 13.9. The standard InChI is InChI=1S/C15H15N3OS/c1-10-8-20-14-13(10)17-9-18-15(14)19-12-5-3-4-11(6-12)7-16-2/h3-6,8-9,16H,7H2,1-2H3. The average molecular weight is 285 g/mol. The quantitative estimate of drug-likeness (QED) is 0.797. The topological polar surface area (TPSA) is 47.0 Å². The maximum absolute atomic E-state index is 5.92. The molecule has 2 aromatic heterocycles. The fraction of sp³-hybridized carbons (Fsp3) is 0.200. The summed E-state index contributed by atoms with van der Waals surface area (Å²) in [5, 5.41) is 5.20. The van der Waals surface area contributed by atoms with Crippen LogP contribution in [-0.2, 0) is 6.54 Å². The molecule has 4 nitrogen and oxygen atoms in total. The van der Waals surface area contributed by atoms with Gasteiger partial charge in [-0.25, -0.2) is 9.97 Å². The number of aromatic nitrogens is 2. The van der Waals surface area contributed by atoms with Gasteiger partial charge in [0, 0.05) is 6.54 Å². The lowest BCUT2D eigenvalue weighted by Gasteiger charge is -2.07. The molecule has 0 bridgehead atoms. The summed E-state index contributed by atoms with van der Waals surface area (Å²) in [4.78, 5) is 8.55. The second-order valence-electron chi connectivity index (χ2n) is 4.56. The summed E-state index contributed by atoms with van der Waals surface area (Å²) < 4.78 is 6.91. The summed E-state index contributed by atoms with van der Waals surface area (Å²) in [6.45, 7) is 2.86.